The zero-order valence-corrected chi connectivity index (χ0v) is 13.3. The van der Waals surface area contributed by atoms with E-state index >= 15 is 0 Å². The molecule has 2 aromatic heterocycles. The first-order valence-corrected chi connectivity index (χ1v) is 8.17. The Kier molecular flexibility index (Phi) is 3.86. The van der Waals surface area contributed by atoms with E-state index in [1.54, 1.807) is 18.7 Å². The summed E-state index contributed by atoms with van der Waals surface area (Å²) in [5.41, 5.74) is 1.55. The standard InChI is InChI=1S/C18H19N5O/c24-18(17-11-20-14-23(17)15-5-2-1-3-6-15)21-9-4-7-16(12-21)22-10-8-19-13-22/h1-3,5-6,8,10-11,13-14,16H,4,7,9,12H2/t16-/m1/s1. The first kappa shape index (κ1) is 14.7. The lowest BCUT2D eigenvalue weighted by Gasteiger charge is -2.33. The molecule has 6 nitrogen and oxygen atoms in total. The highest BCUT2D eigenvalue weighted by atomic mass is 16.2. The highest BCUT2D eigenvalue weighted by Gasteiger charge is 2.27. The molecule has 6 heteroatoms. The normalized spacial score (nSPS) is 17.8. The number of nitrogens with zero attached hydrogens (tertiary/aromatic N) is 5. The molecule has 1 aliphatic heterocycles. The van der Waals surface area contributed by atoms with Gasteiger partial charge in [-0.15, -0.1) is 0 Å². The molecule has 1 aliphatic rings. The van der Waals surface area contributed by atoms with Crippen molar-refractivity contribution < 1.29 is 4.79 Å². The average molecular weight is 321 g/mol. The van der Waals surface area contributed by atoms with Crippen molar-refractivity contribution in [3.8, 4) is 5.69 Å². The Morgan fingerprint density at radius 2 is 2.00 bits per heavy atom. The molecule has 122 valence electrons. The van der Waals surface area contributed by atoms with Gasteiger partial charge < -0.3 is 9.47 Å². The Hall–Kier alpha value is -2.89. The van der Waals surface area contributed by atoms with Crippen LogP contribution in [0.1, 0.15) is 29.4 Å². The minimum absolute atomic E-state index is 0.0289. The molecule has 3 heterocycles. The van der Waals surface area contributed by atoms with Gasteiger partial charge in [-0.2, -0.15) is 0 Å². The van der Waals surface area contributed by atoms with E-state index in [2.05, 4.69) is 14.5 Å². The summed E-state index contributed by atoms with van der Waals surface area (Å²) in [7, 11) is 0. The van der Waals surface area contributed by atoms with Crippen molar-refractivity contribution in [2.75, 3.05) is 13.1 Å². The first-order chi connectivity index (χ1) is 11.8. The van der Waals surface area contributed by atoms with E-state index in [1.807, 2.05) is 52.3 Å². The van der Waals surface area contributed by atoms with Crippen LogP contribution in [0.15, 0.2) is 61.6 Å². The van der Waals surface area contributed by atoms with Crippen LogP contribution in [0.5, 0.6) is 0 Å². The summed E-state index contributed by atoms with van der Waals surface area (Å²) >= 11 is 0. The molecule has 1 aromatic carbocycles. The lowest BCUT2D eigenvalue weighted by atomic mass is 10.1. The highest BCUT2D eigenvalue weighted by molar-refractivity contribution is 5.93. The lowest BCUT2D eigenvalue weighted by molar-refractivity contribution is 0.0671. The summed E-state index contributed by atoms with van der Waals surface area (Å²) in [4.78, 5) is 23.2. The lowest BCUT2D eigenvalue weighted by Crippen LogP contribution is -2.41. The molecule has 24 heavy (non-hydrogen) atoms. The molecule has 4 rings (SSSR count). The van der Waals surface area contributed by atoms with Gasteiger partial charge in [0.1, 0.15) is 5.69 Å². The fraction of sp³-hybridized carbons (Fsp3) is 0.278. The van der Waals surface area contributed by atoms with Gasteiger partial charge in [-0.25, -0.2) is 9.97 Å². The molecular formula is C18H19N5O. The number of hydrogen-bond donors (Lipinski definition) is 0. The molecule has 0 bridgehead atoms. The second-order valence-corrected chi connectivity index (χ2v) is 6.04. The second kappa shape index (κ2) is 6.31. The third kappa shape index (κ3) is 2.71. The van der Waals surface area contributed by atoms with Crippen molar-refractivity contribution >= 4 is 5.91 Å². The summed E-state index contributed by atoms with van der Waals surface area (Å²) in [6.45, 7) is 1.49. The first-order valence-electron chi connectivity index (χ1n) is 8.17. The zero-order valence-electron chi connectivity index (χ0n) is 13.3. The van der Waals surface area contributed by atoms with E-state index in [4.69, 9.17) is 0 Å². The van der Waals surface area contributed by atoms with E-state index in [0.717, 1.165) is 25.1 Å². The molecule has 1 amide bonds. The van der Waals surface area contributed by atoms with Gasteiger partial charge in [-0.05, 0) is 25.0 Å². The van der Waals surface area contributed by atoms with Crippen LogP contribution in [0, 0.1) is 0 Å². The van der Waals surface area contributed by atoms with Crippen molar-refractivity contribution in [2.45, 2.75) is 18.9 Å². The number of likely N-dealkylation sites (tertiary alicyclic amines) is 1. The van der Waals surface area contributed by atoms with Crippen LogP contribution in [-0.4, -0.2) is 43.0 Å². The summed E-state index contributed by atoms with van der Waals surface area (Å²) in [5.74, 6) is 0.0289. The number of para-hydroxylation sites is 1. The van der Waals surface area contributed by atoms with Crippen molar-refractivity contribution in [3.63, 3.8) is 0 Å². The van der Waals surface area contributed by atoms with Gasteiger partial charge >= 0.3 is 0 Å². The third-order valence-corrected chi connectivity index (χ3v) is 4.52. The van der Waals surface area contributed by atoms with Gasteiger partial charge in [-0.1, -0.05) is 18.2 Å². The van der Waals surface area contributed by atoms with Gasteiger partial charge in [0.15, 0.2) is 0 Å². The van der Waals surface area contributed by atoms with Crippen LogP contribution >= 0.6 is 0 Å². The van der Waals surface area contributed by atoms with Gasteiger partial charge in [0.25, 0.3) is 5.91 Å². The largest absolute Gasteiger partial charge is 0.335 e. The van der Waals surface area contributed by atoms with E-state index in [9.17, 15) is 4.79 Å². The molecule has 0 unspecified atom stereocenters. The maximum Gasteiger partial charge on any atom is 0.272 e. The average Bonchev–Trinajstić information content (AvgIpc) is 3.34. The Balaban J connectivity index is 1.57. The monoisotopic (exact) mass is 321 g/mol. The van der Waals surface area contributed by atoms with Gasteiger partial charge in [0.05, 0.1) is 24.9 Å². The predicted molar refractivity (Wildman–Crippen MR) is 90.0 cm³/mol. The van der Waals surface area contributed by atoms with Crippen LogP contribution in [0.2, 0.25) is 0 Å². The minimum Gasteiger partial charge on any atom is -0.335 e. The zero-order chi connectivity index (χ0) is 16.4. The van der Waals surface area contributed by atoms with Crippen molar-refractivity contribution in [3.05, 3.63) is 67.3 Å². The Morgan fingerprint density at radius 3 is 2.79 bits per heavy atom. The second-order valence-electron chi connectivity index (χ2n) is 6.04. The molecule has 0 aliphatic carbocycles. The molecule has 0 N–H and O–H groups in total. The topological polar surface area (TPSA) is 56.0 Å². The van der Waals surface area contributed by atoms with E-state index < -0.39 is 0 Å². The van der Waals surface area contributed by atoms with Crippen molar-refractivity contribution in [2.24, 2.45) is 0 Å². The fourth-order valence-corrected chi connectivity index (χ4v) is 3.28. The van der Waals surface area contributed by atoms with Crippen LogP contribution in [0.3, 0.4) is 0 Å². The van der Waals surface area contributed by atoms with Crippen LogP contribution in [0.25, 0.3) is 5.69 Å². The molecule has 1 saturated heterocycles. The quantitative estimate of drug-likeness (QED) is 0.745. The fourth-order valence-electron chi connectivity index (χ4n) is 3.28. The minimum atomic E-state index is 0.0289. The Labute approximate surface area is 140 Å². The van der Waals surface area contributed by atoms with Crippen molar-refractivity contribution in [1.82, 2.24) is 24.0 Å². The van der Waals surface area contributed by atoms with Crippen LogP contribution in [0.4, 0.5) is 0 Å². The van der Waals surface area contributed by atoms with E-state index in [0.29, 0.717) is 18.3 Å². The molecular weight excluding hydrogens is 302 g/mol. The summed E-state index contributed by atoms with van der Waals surface area (Å²) < 4.78 is 3.94. The number of rotatable bonds is 3. The van der Waals surface area contributed by atoms with Gasteiger partial charge in [-0.3, -0.25) is 9.36 Å². The Morgan fingerprint density at radius 1 is 1.12 bits per heavy atom. The number of carbonyl (C=O) groups excluding carboxylic acids is 1. The van der Waals surface area contributed by atoms with Crippen LogP contribution in [-0.2, 0) is 0 Å². The molecule has 3 aromatic rings. The number of aromatic nitrogens is 4. The third-order valence-electron chi connectivity index (χ3n) is 4.52. The van der Waals surface area contributed by atoms with E-state index in [-0.39, 0.29) is 5.91 Å². The van der Waals surface area contributed by atoms with Crippen LogP contribution < -0.4 is 0 Å². The molecule has 0 spiro atoms. The molecule has 0 radical (unpaired) electrons. The number of benzene rings is 1. The molecule has 1 atom stereocenters. The Bertz CT molecular complexity index is 809. The van der Waals surface area contributed by atoms with Gasteiger partial charge in [0.2, 0.25) is 0 Å². The number of hydrogen-bond acceptors (Lipinski definition) is 3. The molecule has 0 saturated carbocycles. The summed E-state index contributed by atoms with van der Waals surface area (Å²) in [6.07, 6.45) is 11.0. The molecule has 1 fully saturated rings. The predicted octanol–water partition coefficient (Wildman–Crippen LogP) is 2.55. The maximum atomic E-state index is 13.0. The van der Waals surface area contributed by atoms with E-state index in [1.165, 1.54) is 0 Å². The number of carbonyl (C=O) groups is 1. The number of piperidine rings is 1. The summed E-state index contributed by atoms with van der Waals surface area (Å²) in [6, 6.07) is 10.1. The maximum absolute atomic E-state index is 13.0. The van der Waals surface area contributed by atoms with Gasteiger partial charge in [0, 0.05) is 31.2 Å². The highest BCUT2D eigenvalue weighted by Crippen LogP contribution is 2.23. The SMILES string of the molecule is O=C(c1cncn1-c1ccccc1)N1CCC[C@@H](n2ccnc2)C1. The van der Waals surface area contributed by atoms with Crippen molar-refractivity contribution in [1.29, 1.82) is 0 Å². The smallest absolute Gasteiger partial charge is 0.272 e. The number of amides is 1. The summed E-state index contributed by atoms with van der Waals surface area (Å²) in [5, 5.41) is 0. The number of imidazole rings is 2.